The van der Waals surface area contributed by atoms with Gasteiger partial charge in [-0.05, 0) is 36.4 Å². The number of alkyl halides is 3. The molecule has 140 valence electrons. The van der Waals surface area contributed by atoms with E-state index in [0.29, 0.717) is 5.69 Å². The number of carbonyl (C=O) groups is 1. The van der Waals surface area contributed by atoms with E-state index in [1.807, 2.05) is 4.72 Å². The zero-order valence-corrected chi connectivity index (χ0v) is 14.5. The van der Waals surface area contributed by atoms with Gasteiger partial charge in [0.2, 0.25) is 15.9 Å². The molecule has 2 rings (SSSR count). The number of benzene rings is 2. The number of para-hydroxylation sites is 1. The van der Waals surface area contributed by atoms with Gasteiger partial charge in [0.25, 0.3) is 0 Å². The van der Waals surface area contributed by atoms with E-state index in [4.69, 9.17) is 11.6 Å². The lowest BCUT2D eigenvalue weighted by Gasteiger charge is -2.11. The van der Waals surface area contributed by atoms with Crippen LogP contribution in [0.2, 0.25) is 5.02 Å². The summed E-state index contributed by atoms with van der Waals surface area (Å²) in [6.07, 6.45) is -4.88. The van der Waals surface area contributed by atoms with Crippen LogP contribution in [-0.4, -0.2) is 27.2 Å². The third-order valence-electron chi connectivity index (χ3n) is 2.94. The van der Waals surface area contributed by atoms with Gasteiger partial charge in [0.1, 0.15) is 5.75 Å². The van der Waals surface area contributed by atoms with E-state index in [2.05, 4.69) is 10.1 Å². The molecule has 0 radical (unpaired) electrons. The van der Waals surface area contributed by atoms with Crippen LogP contribution in [0.1, 0.15) is 0 Å². The summed E-state index contributed by atoms with van der Waals surface area (Å²) >= 11 is 5.87. The van der Waals surface area contributed by atoms with E-state index >= 15 is 0 Å². The van der Waals surface area contributed by atoms with Gasteiger partial charge < -0.3 is 10.1 Å². The quantitative estimate of drug-likeness (QED) is 0.769. The predicted molar refractivity (Wildman–Crippen MR) is 88.4 cm³/mol. The number of nitrogens with one attached hydrogen (secondary N) is 2. The SMILES string of the molecule is O=C(CNS(=O)(=O)c1ccc(OC(F)(F)F)cc1)Nc1ccccc1Cl. The lowest BCUT2D eigenvalue weighted by atomic mass is 10.3. The van der Waals surface area contributed by atoms with Crippen molar-refractivity contribution in [2.45, 2.75) is 11.3 Å². The van der Waals surface area contributed by atoms with Crippen LogP contribution in [-0.2, 0) is 14.8 Å². The molecule has 0 saturated carbocycles. The molecule has 2 aromatic rings. The average Bonchev–Trinajstić information content (AvgIpc) is 2.54. The third kappa shape index (κ3) is 5.90. The van der Waals surface area contributed by atoms with Gasteiger partial charge in [-0.3, -0.25) is 4.79 Å². The molecular formula is C15H12ClF3N2O4S. The minimum Gasteiger partial charge on any atom is -0.406 e. The Hall–Kier alpha value is -2.30. The fourth-order valence-electron chi connectivity index (χ4n) is 1.82. The second-order valence-electron chi connectivity index (χ2n) is 4.87. The minimum atomic E-state index is -4.88. The lowest BCUT2D eigenvalue weighted by Crippen LogP contribution is -2.33. The van der Waals surface area contributed by atoms with E-state index in [0.717, 1.165) is 24.3 Å². The Balaban J connectivity index is 1.98. The number of amides is 1. The number of hydrogen-bond acceptors (Lipinski definition) is 4. The molecule has 1 amide bonds. The van der Waals surface area contributed by atoms with Crippen LogP contribution < -0.4 is 14.8 Å². The van der Waals surface area contributed by atoms with Crippen molar-refractivity contribution in [2.24, 2.45) is 0 Å². The van der Waals surface area contributed by atoms with Gasteiger partial charge in [0.05, 0.1) is 22.2 Å². The van der Waals surface area contributed by atoms with Crippen molar-refractivity contribution in [1.82, 2.24) is 4.72 Å². The molecule has 0 aliphatic rings. The molecule has 2 N–H and O–H groups in total. The highest BCUT2D eigenvalue weighted by atomic mass is 35.5. The maximum Gasteiger partial charge on any atom is 0.573 e. The Labute approximate surface area is 152 Å². The zero-order chi connectivity index (χ0) is 19.4. The lowest BCUT2D eigenvalue weighted by molar-refractivity contribution is -0.274. The normalized spacial score (nSPS) is 11.8. The van der Waals surface area contributed by atoms with Crippen LogP contribution in [0.4, 0.5) is 18.9 Å². The molecule has 11 heteroatoms. The molecule has 0 saturated heterocycles. The van der Waals surface area contributed by atoms with E-state index < -0.39 is 34.6 Å². The summed E-state index contributed by atoms with van der Waals surface area (Å²) in [6, 6.07) is 9.94. The van der Waals surface area contributed by atoms with Gasteiger partial charge in [-0.25, -0.2) is 13.1 Å². The molecular weight excluding hydrogens is 397 g/mol. The Morgan fingerprint density at radius 1 is 1.08 bits per heavy atom. The molecule has 0 heterocycles. The predicted octanol–water partition coefficient (Wildman–Crippen LogP) is 3.16. The molecule has 0 bridgehead atoms. The van der Waals surface area contributed by atoms with Crippen LogP contribution in [0.5, 0.6) is 5.75 Å². The molecule has 0 fully saturated rings. The standard InChI is InChI=1S/C15H12ClF3N2O4S/c16-12-3-1-2-4-13(12)21-14(22)9-20-26(23,24)11-7-5-10(6-8-11)25-15(17,18)19/h1-8,20H,9H2,(H,21,22). The molecule has 2 aromatic carbocycles. The van der Waals surface area contributed by atoms with E-state index in [-0.39, 0.29) is 9.92 Å². The van der Waals surface area contributed by atoms with Gasteiger partial charge in [-0.15, -0.1) is 13.2 Å². The number of ether oxygens (including phenoxy) is 1. The molecule has 0 spiro atoms. The highest BCUT2D eigenvalue weighted by Crippen LogP contribution is 2.24. The summed E-state index contributed by atoms with van der Waals surface area (Å²) in [7, 11) is -4.10. The average molecular weight is 409 g/mol. The fraction of sp³-hybridized carbons (Fsp3) is 0.133. The number of halogens is 4. The van der Waals surface area contributed by atoms with Gasteiger partial charge >= 0.3 is 6.36 Å². The number of anilines is 1. The summed E-state index contributed by atoms with van der Waals surface area (Å²) in [5.74, 6) is -1.23. The maximum atomic E-state index is 12.1. The Morgan fingerprint density at radius 2 is 1.69 bits per heavy atom. The van der Waals surface area contributed by atoms with Crippen molar-refractivity contribution >= 4 is 33.2 Å². The number of sulfonamides is 1. The van der Waals surface area contributed by atoms with Crippen LogP contribution in [0.15, 0.2) is 53.4 Å². The first kappa shape index (κ1) is 20.0. The number of rotatable bonds is 6. The number of carbonyl (C=O) groups excluding carboxylic acids is 1. The number of hydrogen-bond donors (Lipinski definition) is 2. The molecule has 0 atom stereocenters. The van der Waals surface area contributed by atoms with Crippen LogP contribution >= 0.6 is 11.6 Å². The second kappa shape index (κ2) is 7.94. The van der Waals surface area contributed by atoms with Crippen LogP contribution in [0, 0.1) is 0 Å². The van der Waals surface area contributed by atoms with Crippen LogP contribution in [0.3, 0.4) is 0 Å². The molecule has 0 aliphatic heterocycles. The van der Waals surface area contributed by atoms with E-state index in [1.165, 1.54) is 6.07 Å². The highest BCUT2D eigenvalue weighted by Gasteiger charge is 2.31. The molecule has 6 nitrogen and oxygen atoms in total. The van der Waals surface area contributed by atoms with E-state index in [1.54, 1.807) is 18.2 Å². The Morgan fingerprint density at radius 3 is 2.27 bits per heavy atom. The van der Waals surface area contributed by atoms with Crippen molar-refractivity contribution in [3.8, 4) is 5.75 Å². The summed E-state index contributed by atoms with van der Waals surface area (Å²) in [5.41, 5.74) is 0.312. The monoisotopic (exact) mass is 408 g/mol. The summed E-state index contributed by atoms with van der Waals surface area (Å²) in [5, 5.41) is 2.71. The van der Waals surface area contributed by atoms with Gasteiger partial charge in [-0.2, -0.15) is 0 Å². The van der Waals surface area contributed by atoms with Gasteiger partial charge in [-0.1, -0.05) is 23.7 Å². The Bertz CT molecular complexity index is 887. The fourth-order valence-corrected chi connectivity index (χ4v) is 2.99. The first-order valence-electron chi connectivity index (χ1n) is 6.97. The Kier molecular flexibility index (Phi) is 6.11. The smallest absolute Gasteiger partial charge is 0.406 e. The minimum absolute atomic E-state index is 0.281. The summed E-state index contributed by atoms with van der Waals surface area (Å²) in [6.45, 7) is -0.589. The molecule has 0 aromatic heterocycles. The van der Waals surface area contributed by atoms with Crippen molar-refractivity contribution in [1.29, 1.82) is 0 Å². The van der Waals surface area contributed by atoms with Crippen molar-refractivity contribution in [3.05, 3.63) is 53.6 Å². The first-order valence-corrected chi connectivity index (χ1v) is 8.83. The zero-order valence-electron chi connectivity index (χ0n) is 12.9. The van der Waals surface area contributed by atoms with Gasteiger partial charge in [0, 0.05) is 0 Å². The van der Waals surface area contributed by atoms with Gasteiger partial charge in [0.15, 0.2) is 0 Å². The van der Waals surface area contributed by atoms with Crippen molar-refractivity contribution in [2.75, 3.05) is 11.9 Å². The third-order valence-corrected chi connectivity index (χ3v) is 4.69. The molecule has 0 unspecified atom stereocenters. The van der Waals surface area contributed by atoms with Crippen LogP contribution in [0.25, 0.3) is 0 Å². The first-order chi connectivity index (χ1) is 12.1. The largest absolute Gasteiger partial charge is 0.573 e. The highest BCUT2D eigenvalue weighted by molar-refractivity contribution is 7.89. The maximum absolute atomic E-state index is 12.1. The van der Waals surface area contributed by atoms with E-state index in [9.17, 15) is 26.4 Å². The molecule has 26 heavy (non-hydrogen) atoms. The van der Waals surface area contributed by atoms with Crippen molar-refractivity contribution in [3.63, 3.8) is 0 Å². The summed E-state index contributed by atoms with van der Waals surface area (Å²) < 4.78 is 66.1. The molecule has 0 aliphatic carbocycles. The summed E-state index contributed by atoms with van der Waals surface area (Å²) in [4.78, 5) is 11.5. The van der Waals surface area contributed by atoms with Crippen molar-refractivity contribution < 1.29 is 31.1 Å². The second-order valence-corrected chi connectivity index (χ2v) is 7.05. The topological polar surface area (TPSA) is 84.5 Å².